The number of rotatable bonds is 5. The number of hydrogen-bond donors (Lipinski definition) is 1. The van der Waals surface area contributed by atoms with E-state index in [1.165, 1.54) is 30.6 Å². The highest BCUT2D eigenvalue weighted by molar-refractivity contribution is 5.72. The summed E-state index contributed by atoms with van der Waals surface area (Å²) in [5.74, 6) is 0.253. The first-order chi connectivity index (χ1) is 14.8. The van der Waals surface area contributed by atoms with Crippen molar-refractivity contribution in [1.29, 1.82) is 0 Å². The summed E-state index contributed by atoms with van der Waals surface area (Å²) >= 11 is 0. The third kappa shape index (κ3) is 4.50. The zero-order valence-corrected chi connectivity index (χ0v) is 16.7. The molecule has 0 aliphatic carbocycles. The normalized spacial score (nSPS) is 11.4. The zero-order chi connectivity index (χ0) is 22.0. The first-order valence-corrected chi connectivity index (χ1v) is 9.36. The molecule has 0 bridgehead atoms. The fourth-order valence-corrected chi connectivity index (χ4v) is 3.20. The number of para-hydroxylation sites is 1. The molecule has 2 aromatic heterocycles. The summed E-state index contributed by atoms with van der Waals surface area (Å²) in [5, 5.41) is 7.60. The molecule has 0 aliphatic rings. The van der Waals surface area contributed by atoms with Gasteiger partial charge < -0.3 is 10.1 Å². The van der Waals surface area contributed by atoms with Crippen molar-refractivity contribution in [2.75, 3.05) is 5.32 Å². The van der Waals surface area contributed by atoms with Crippen LogP contribution in [0.3, 0.4) is 0 Å². The van der Waals surface area contributed by atoms with E-state index >= 15 is 0 Å². The maximum Gasteiger partial charge on any atom is 0.573 e. The molecule has 9 heteroatoms. The van der Waals surface area contributed by atoms with Crippen molar-refractivity contribution in [2.24, 2.45) is 0 Å². The average molecular weight is 425 g/mol. The van der Waals surface area contributed by atoms with Gasteiger partial charge in [-0.05, 0) is 50.2 Å². The Bertz CT molecular complexity index is 1190. The van der Waals surface area contributed by atoms with E-state index in [0.29, 0.717) is 17.2 Å². The maximum absolute atomic E-state index is 12.3. The number of alkyl halides is 3. The molecule has 31 heavy (non-hydrogen) atoms. The molecular formula is C22H18F3N5O. The predicted molar refractivity (Wildman–Crippen MR) is 110 cm³/mol. The number of halogens is 3. The van der Waals surface area contributed by atoms with Crippen LogP contribution in [0, 0.1) is 13.8 Å². The van der Waals surface area contributed by atoms with Gasteiger partial charge in [0.2, 0.25) is 0 Å². The highest BCUT2D eigenvalue weighted by atomic mass is 19.4. The van der Waals surface area contributed by atoms with Crippen LogP contribution in [0.4, 0.5) is 24.7 Å². The summed E-state index contributed by atoms with van der Waals surface area (Å²) in [5.41, 5.74) is 4.80. The average Bonchev–Trinajstić information content (AvgIpc) is 3.12. The number of nitrogens with zero attached hydrogens (tertiary/aromatic N) is 4. The minimum atomic E-state index is -4.73. The number of hydrogen-bond acceptors (Lipinski definition) is 5. The molecule has 1 N–H and O–H groups in total. The molecule has 158 valence electrons. The fraction of sp³-hybridized carbons (Fsp3) is 0.136. The molecule has 0 aliphatic heterocycles. The summed E-state index contributed by atoms with van der Waals surface area (Å²) in [4.78, 5) is 8.70. The Hall–Kier alpha value is -3.88. The van der Waals surface area contributed by atoms with Gasteiger partial charge in [-0.3, -0.25) is 0 Å². The molecule has 0 unspecified atom stereocenters. The third-order valence-corrected chi connectivity index (χ3v) is 4.70. The van der Waals surface area contributed by atoms with Crippen LogP contribution in [-0.4, -0.2) is 26.1 Å². The van der Waals surface area contributed by atoms with Gasteiger partial charge in [-0.25, -0.2) is 14.6 Å². The van der Waals surface area contributed by atoms with Crippen LogP contribution in [0.15, 0.2) is 67.1 Å². The Kier molecular flexibility index (Phi) is 5.33. The molecule has 2 aromatic carbocycles. The zero-order valence-electron chi connectivity index (χ0n) is 16.7. The van der Waals surface area contributed by atoms with Crippen LogP contribution in [0.2, 0.25) is 0 Å². The van der Waals surface area contributed by atoms with Gasteiger partial charge in [-0.1, -0.05) is 18.2 Å². The van der Waals surface area contributed by atoms with Crippen LogP contribution in [0.5, 0.6) is 5.75 Å². The Morgan fingerprint density at radius 2 is 1.65 bits per heavy atom. The number of aromatic nitrogens is 4. The Labute approximate surface area is 176 Å². The summed E-state index contributed by atoms with van der Waals surface area (Å²) < 4.78 is 42.7. The molecule has 4 aromatic rings. The van der Waals surface area contributed by atoms with Gasteiger partial charge in [0.25, 0.3) is 0 Å². The van der Waals surface area contributed by atoms with Gasteiger partial charge in [0.15, 0.2) is 0 Å². The van der Waals surface area contributed by atoms with E-state index in [9.17, 15) is 13.2 Å². The highest BCUT2D eigenvalue weighted by Gasteiger charge is 2.31. The largest absolute Gasteiger partial charge is 0.573 e. The lowest BCUT2D eigenvalue weighted by molar-refractivity contribution is -0.274. The van der Waals surface area contributed by atoms with Gasteiger partial charge >= 0.3 is 6.36 Å². The molecule has 6 nitrogen and oxygen atoms in total. The topological polar surface area (TPSA) is 64.9 Å². The van der Waals surface area contributed by atoms with Crippen molar-refractivity contribution in [1.82, 2.24) is 19.7 Å². The molecule has 0 atom stereocenters. The second-order valence-corrected chi connectivity index (χ2v) is 6.78. The highest BCUT2D eigenvalue weighted by Crippen LogP contribution is 2.30. The summed E-state index contributed by atoms with van der Waals surface area (Å²) in [6.45, 7) is 3.83. The monoisotopic (exact) mass is 425 g/mol. The molecule has 0 saturated heterocycles. The third-order valence-electron chi connectivity index (χ3n) is 4.70. The first kappa shape index (κ1) is 20.4. The van der Waals surface area contributed by atoms with Gasteiger partial charge in [0.05, 0.1) is 23.3 Å². The maximum atomic E-state index is 12.3. The number of nitrogens with one attached hydrogen (secondary N) is 1. The van der Waals surface area contributed by atoms with E-state index in [1.54, 1.807) is 6.20 Å². The second kappa shape index (κ2) is 8.10. The summed E-state index contributed by atoms with van der Waals surface area (Å²) in [6, 6.07) is 15.2. The van der Waals surface area contributed by atoms with Crippen molar-refractivity contribution in [3.8, 4) is 22.7 Å². The minimum Gasteiger partial charge on any atom is -0.406 e. The molecule has 0 fully saturated rings. The quantitative estimate of drug-likeness (QED) is 0.452. The van der Waals surface area contributed by atoms with E-state index < -0.39 is 6.36 Å². The lowest BCUT2D eigenvalue weighted by atomic mass is 10.1. The van der Waals surface area contributed by atoms with E-state index in [-0.39, 0.29) is 5.75 Å². The van der Waals surface area contributed by atoms with E-state index in [4.69, 9.17) is 0 Å². The molecule has 0 spiro atoms. The van der Waals surface area contributed by atoms with E-state index in [2.05, 4.69) is 25.1 Å². The van der Waals surface area contributed by atoms with Crippen LogP contribution in [0.1, 0.15) is 11.3 Å². The van der Waals surface area contributed by atoms with E-state index in [1.807, 2.05) is 48.9 Å². The molecule has 2 heterocycles. The van der Waals surface area contributed by atoms with Crippen molar-refractivity contribution < 1.29 is 17.9 Å². The molecular weight excluding hydrogens is 407 g/mol. The van der Waals surface area contributed by atoms with Crippen molar-refractivity contribution in [2.45, 2.75) is 20.2 Å². The number of anilines is 2. The van der Waals surface area contributed by atoms with Gasteiger partial charge in [-0.2, -0.15) is 5.10 Å². The lowest BCUT2D eigenvalue weighted by Gasteiger charge is -2.13. The lowest BCUT2D eigenvalue weighted by Crippen LogP contribution is -2.17. The summed E-state index contributed by atoms with van der Waals surface area (Å²) in [6.07, 6.45) is -1.54. The van der Waals surface area contributed by atoms with Crippen LogP contribution >= 0.6 is 0 Å². The first-order valence-electron chi connectivity index (χ1n) is 9.36. The van der Waals surface area contributed by atoms with Crippen LogP contribution in [0.25, 0.3) is 16.9 Å². The molecule has 0 radical (unpaired) electrons. The van der Waals surface area contributed by atoms with E-state index in [0.717, 1.165) is 22.5 Å². The van der Waals surface area contributed by atoms with Crippen LogP contribution in [-0.2, 0) is 0 Å². The van der Waals surface area contributed by atoms with Crippen LogP contribution < -0.4 is 10.1 Å². The second-order valence-electron chi connectivity index (χ2n) is 6.78. The van der Waals surface area contributed by atoms with Gasteiger partial charge in [0.1, 0.15) is 17.9 Å². The molecule has 0 amide bonds. The van der Waals surface area contributed by atoms with Gasteiger partial charge in [0, 0.05) is 16.8 Å². The predicted octanol–water partition coefficient (Wildman–Crippen LogP) is 5.59. The number of benzene rings is 2. The summed E-state index contributed by atoms with van der Waals surface area (Å²) in [7, 11) is 0. The standard InChI is InChI=1S/C22H18F3N5O/c1-14-20(19-12-28-30(15(19)2)17-6-4-3-5-7-17)26-13-27-21(14)29-16-8-10-18(11-9-16)31-22(23,24)25/h3-13H,1-2H3,(H,26,27,29). The van der Waals surface area contributed by atoms with Crippen molar-refractivity contribution in [3.63, 3.8) is 0 Å². The Morgan fingerprint density at radius 3 is 2.32 bits per heavy atom. The smallest absolute Gasteiger partial charge is 0.406 e. The Morgan fingerprint density at radius 1 is 0.935 bits per heavy atom. The number of ether oxygens (including phenoxy) is 1. The van der Waals surface area contributed by atoms with Crippen molar-refractivity contribution in [3.05, 3.63) is 78.4 Å². The van der Waals surface area contributed by atoms with Crippen molar-refractivity contribution >= 4 is 11.5 Å². The minimum absolute atomic E-state index is 0.290. The van der Waals surface area contributed by atoms with Gasteiger partial charge in [-0.15, -0.1) is 13.2 Å². The SMILES string of the molecule is Cc1c(Nc2ccc(OC(F)(F)F)cc2)ncnc1-c1cnn(-c2ccccc2)c1C. The fourth-order valence-electron chi connectivity index (χ4n) is 3.20. The molecule has 0 saturated carbocycles. The molecule has 4 rings (SSSR count). The Balaban J connectivity index is 1.60.